The molecule has 0 bridgehead atoms. The van der Waals surface area contributed by atoms with Gasteiger partial charge in [0.05, 0.1) is 18.6 Å². The molecule has 0 saturated carbocycles. The number of carbonyl (C=O) groups excluding carboxylic acids is 1. The minimum Gasteiger partial charge on any atom is -0.494 e. The Hall–Kier alpha value is -2.39. The molecule has 9 heteroatoms. The molecule has 3 aromatic rings. The Balaban J connectivity index is 1.72. The molecule has 7 nitrogen and oxygen atoms in total. The standard InChI is InChI=1S/C18H18BrN5O2S/c1-11-4-6-14(13(19)8-11)20-17(25)10-27-18-21-22-23-24(18)15-9-12(2)5-7-16(15)26-3/h4-9H,10H2,1-3H3,(H,20,25). The van der Waals surface area contributed by atoms with Crippen LogP contribution in [0.5, 0.6) is 5.75 Å². The molecule has 0 aliphatic rings. The molecule has 0 fully saturated rings. The van der Waals surface area contributed by atoms with Gasteiger partial charge in [-0.3, -0.25) is 4.79 Å². The average molecular weight is 448 g/mol. The number of methoxy groups -OCH3 is 1. The fourth-order valence-electron chi connectivity index (χ4n) is 2.42. The predicted octanol–water partition coefficient (Wildman–Crippen LogP) is 3.78. The average Bonchev–Trinajstić information content (AvgIpc) is 3.11. The summed E-state index contributed by atoms with van der Waals surface area (Å²) in [6.07, 6.45) is 0. The van der Waals surface area contributed by atoms with Crippen LogP contribution in [0.15, 0.2) is 46.0 Å². The third kappa shape index (κ3) is 4.67. The number of nitrogens with zero attached hydrogens (tertiary/aromatic N) is 4. The summed E-state index contributed by atoms with van der Waals surface area (Å²) in [5, 5.41) is 15.2. The number of amides is 1. The number of carbonyl (C=O) groups is 1. The number of aryl methyl sites for hydroxylation is 2. The van der Waals surface area contributed by atoms with E-state index in [1.165, 1.54) is 11.8 Å². The Morgan fingerprint density at radius 3 is 2.70 bits per heavy atom. The molecule has 0 atom stereocenters. The van der Waals surface area contributed by atoms with Crippen LogP contribution in [0.4, 0.5) is 5.69 Å². The van der Waals surface area contributed by atoms with Crippen LogP contribution in [0.2, 0.25) is 0 Å². The summed E-state index contributed by atoms with van der Waals surface area (Å²) in [7, 11) is 1.60. The number of hydrogen-bond donors (Lipinski definition) is 1. The fourth-order valence-corrected chi connectivity index (χ4v) is 3.70. The van der Waals surface area contributed by atoms with E-state index >= 15 is 0 Å². The largest absolute Gasteiger partial charge is 0.494 e. The Morgan fingerprint density at radius 2 is 1.96 bits per heavy atom. The van der Waals surface area contributed by atoms with Gasteiger partial charge in [0.15, 0.2) is 0 Å². The molecule has 0 aliphatic heterocycles. The fraction of sp³-hybridized carbons (Fsp3) is 0.222. The van der Waals surface area contributed by atoms with Crippen molar-refractivity contribution in [2.75, 3.05) is 18.2 Å². The number of ether oxygens (including phenoxy) is 1. The number of rotatable bonds is 6. The molecule has 0 aliphatic carbocycles. The maximum Gasteiger partial charge on any atom is 0.234 e. The normalized spacial score (nSPS) is 10.7. The minimum atomic E-state index is -0.143. The van der Waals surface area contributed by atoms with Gasteiger partial charge in [-0.25, -0.2) is 0 Å². The molecular formula is C18H18BrN5O2S. The highest BCUT2D eigenvalue weighted by atomic mass is 79.9. The first-order valence-electron chi connectivity index (χ1n) is 8.10. The highest BCUT2D eigenvalue weighted by molar-refractivity contribution is 9.10. The van der Waals surface area contributed by atoms with Crippen LogP contribution in [0.1, 0.15) is 11.1 Å². The predicted molar refractivity (Wildman–Crippen MR) is 109 cm³/mol. The molecular weight excluding hydrogens is 430 g/mol. The van der Waals surface area contributed by atoms with E-state index in [2.05, 4.69) is 36.8 Å². The molecule has 1 aromatic heterocycles. The summed E-state index contributed by atoms with van der Waals surface area (Å²) in [5.41, 5.74) is 3.62. The third-order valence-corrected chi connectivity index (χ3v) is 5.31. The summed E-state index contributed by atoms with van der Waals surface area (Å²) in [6.45, 7) is 3.97. The van der Waals surface area contributed by atoms with Gasteiger partial charge in [-0.2, -0.15) is 4.68 Å². The van der Waals surface area contributed by atoms with Gasteiger partial charge in [0.25, 0.3) is 0 Å². The van der Waals surface area contributed by atoms with E-state index in [1.807, 2.05) is 50.2 Å². The molecule has 140 valence electrons. The lowest BCUT2D eigenvalue weighted by Crippen LogP contribution is -2.15. The smallest absolute Gasteiger partial charge is 0.234 e. The lowest BCUT2D eigenvalue weighted by molar-refractivity contribution is -0.113. The van der Waals surface area contributed by atoms with Crippen molar-refractivity contribution in [3.63, 3.8) is 0 Å². The van der Waals surface area contributed by atoms with E-state index in [0.29, 0.717) is 10.9 Å². The highest BCUT2D eigenvalue weighted by Crippen LogP contribution is 2.27. The Labute approximate surface area is 169 Å². The van der Waals surface area contributed by atoms with Crippen LogP contribution >= 0.6 is 27.7 Å². The van der Waals surface area contributed by atoms with Crippen LogP contribution in [0.3, 0.4) is 0 Å². The van der Waals surface area contributed by atoms with Crippen LogP contribution in [-0.2, 0) is 4.79 Å². The molecule has 0 spiro atoms. The summed E-state index contributed by atoms with van der Waals surface area (Å²) in [5.74, 6) is 0.688. The van der Waals surface area contributed by atoms with Crippen LogP contribution in [-0.4, -0.2) is 39.0 Å². The van der Waals surface area contributed by atoms with E-state index in [4.69, 9.17) is 4.74 Å². The van der Waals surface area contributed by atoms with Gasteiger partial charge in [-0.05, 0) is 75.6 Å². The van der Waals surface area contributed by atoms with Crippen molar-refractivity contribution in [2.45, 2.75) is 19.0 Å². The van der Waals surface area contributed by atoms with Crippen molar-refractivity contribution >= 4 is 39.3 Å². The zero-order valence-electron chi connectivity index (χ0n) is 15.1. The first-order chi connectivity index (χ1) is 13.0. The van der Waals surface area contributed by atoms with Gasteiger partial charge >= 0.3 is 0 Å². The van der Waals surface area contributed by atoms with Crippen molar-refractivity contribution in [3.8, 4) is 11.4 Å². The highest BCUT2D eigenvalue weighted by Gasteiger charge is 2.15. The van der Waals surface area contributed by atoms with Gasteiger partial charge in [-0.1, -0.05) is 23.9 Å². The van der Waals surface area contributed by atoms with Crippen molar-refractivity contribution in [3.05, 3.63) is 52.0 Å². The molecule has 0 unspecified atom stereocenters. The number of benzene rings is 2. The topological polar surface area (TPSA) is 81.9 Å². The summed E-state index contributed by atoms with van der Waals surface area (Å²) < 4.78 is 7.81. The second kappa shape index (κ2) is 8.53. The molecule has 3 rings (SSSR count). The van der Waals surface area contributed by atoms with E-state index in [0.717, 1.165) is 27.0 Å². The van der Waals surface area contributed by atoms with E-state index in [9.17, 15) is 4.79 Å². The van der Waals surface area contributed by atoms with Crippen molar-refractivity contribution < 1.29 is 9.53 Å². The lowest BCUT2D eigenvalue weighted by Gasteiger charge is -2.10. The minimum absolute atomic E-state index is 0.143. The number of thioether (sulfide) groups is 1. The molecule has 2 aromatic carbocycles. The van der Waals surface area contributed by atoms with E-state index in [-0.39, 0.29) is 11.7 Å². The van der Waals surface area contributed by atoms with Crippen molar-refractivity contribution in [2.24, 2.45) is 0 Å². The number of tetrazole rings is 1. The number of anilines is 1. The van der Waals surface area contributed by atoms with E-state index < -0.39 is 0 Å². The second-order valence-electron chi connectivity index (χ2n) is 5.87. The summed E-state index contributed by atoms with van der Waals surface area (Å²) in [4.78, 5) is 12.3. The number of aromatic nitrogens is 4. The van der Waals surface area contributed by atoms with Crippen LogP contribution in [0.25, 0.3) is 5.69 Å². The number of halogens is 1. The molecule has 1 heterocycles. The second-order valence-corrected chi connectivity index (χ2v) is 7.67. The maximum absolute atomic E-state index is 12.3. The van der Waals surface area contributed by atoms with Gasteiger partial charge in [0.1, 0.15) is 11.4 Å². The Bertz CT molecular complexity index is 976. The van der Waals surface area contributed by atoms with Gasteiger partial charge in [0, 0.05) is 4.47 Å². The van der Waals surface area contributed by atoms with Gasteiger partial charge in [0.2, 0.25) is 11.1 Å². The Kier molecular flexibility index (Phi) is 6.12. The summed E-state index contributed by atoms with van der Waals surface area (Å²) >= 11 is 4.71. The summed E-state index contributed by atoms with van der Waals surface area (Å²) in [6, 6.07) is 11.5. The molecule has 27 heavy (non-hydrogen) atoms. The monoisotopic (exact) mass is 447 g/mol. The van der Waals surface area contributed by atoms with Gasteiger partial charge < -0.3 is 10.1 Å². The van der Waals surface area contributed by atoms with Crippen LogP contribution in [0, 0.1) is 13.8 Å². The van der Waals surface area contributed by atoms with Crippen molar-refractivity contribution in [1.82, 2.24) is 20.2 Å². The Morgan fingerprint density at radius 1 is 1.22 bits per heavy atom. The first-order valence-corrected chi connectivity index (χ1v) is 9.88. The zero-order chi connectivity index (χ0) is 19.4. The number of nitrogens with one attached hydrogen (secondary N) is 1. The molecule has 1 amide bonds. The van der Waals surface area contributed by atoms with Gasteiger partial charge in [-0.15, -0.1) is 5.10 Å². The molecule has 0 saturated heterocycles. The quantitative estimate of drug-likeness (QED) is 0.578. The van der Waals surface area contributed by atoms with E-state index in [1.54, 1.807) is 11.8 Å². The third-order valence-electron chi connectivity index (χ3n) is 3.73. The lowest BCUT2D eigenvalue weighted by atomic mass is 10.2. The first kappa shape index (κ1) is 19.4. The van der Waals surface area contributed by atoms with Crippen LogP contribution < -0.4 is 10.1 Å². The number of hydrogen-bond acceptors (Lipinski definition) is 6. The zero-order valence-corrected chi connectivity index (χ0v) is 17.5. The van der Waals surface area contributed by atoms with Crippen molar-refractivity contribution in [1.29, 1.82) is 0 Å². The molecule has 1 N–H and O–H groups in total. The molecule has 0 radical (unpaired) electrons. The maximum atomic E-state index is 12.3. The SMILES string of the molecule is COc1ccc(C)cc1-n1nnnc1SCC(=O)Nc1ccc(C)cc1Br.